The van der Waals surface area contributed by atoms with Crippen molar-refractivity contribution in [3.63, 3.8) is 0 Å². The van der Waals surface area contributed by atoms with Crippen LogP contribution in [0.2, 0.25) is 0 Å². The van der Waals surface area contributed by atoms with Gasteiger partial charge >= 0.3 is 5.97 Å². The van der Waals surface area contributed by atoms with Crippen LogP contribution in [-0.4, -0.2) is 29.1 Å². The molecule has 0 aliphatic carbocycles. The molecule has 0 radical (unpaired) electrons. The molecule has 1 saturated heterocycles. The van der Waals surface area contributed by atoms with Gasteiger partial charge in [-0.05, 0) is 65.5 Å². The Morgan fingerprint density at radius 1 is 1.33 bits per heavy atom. The Morgan fingerprint density at radius 2 is 2.07 bits per heavy atom. The summed E-state index contributed by atoms with van der Waals surface area (Å²) in [5.41, 5.74) is 1.85. The van der Waals surface area contributed by atoms with E-state index in [2.05, 4.69) is 26.8 Å². The molecular formula is C22H28O5. The Hall–Kier alpha value is -2.14. The van der Waals surface area contributed by atoms with Gasteiger partial charge in [0.05, 0.1) is 23.3 Å². The van der Waals surface area contributed by atoms with E-state index >= 15 is 0 Å². The highest BCUT2D eigenvalue weighted by Crippen LogP contribution is 2.53. The molecule has 3 rings (SSSR count). The van der Waals surface area contributed by atoms with E-state index in [1.807, 2.05) is 6.92 Å². The van der Waals surface area contributed by atoms with Crippen LogP contribution >= 0.6 is 0 Å². The highest BCUT2D eigenvalue weighted by atomic mass is 16.5. The second kappa shape index (κ2) is 7.47. The number of carboxylic acid groups (broad SMARTS) is 1. The van der Waals surface area contributed by atoms with E-state index < -0.39 is 11.6 Å². The van der Waals surface area contributed by atoms with E-state index in [9.17, 15) is 14.7 Å². The van der Waals surface area contributed by atoms with E-state index in [0.29, 0.717) is 17.6 Å². The number of ether oxygens (including phenoxy) is 2. The summed E-state index contributed by atoms with van der Waals surface area (Å²) < 4.78 is 12.7. The zero-order valence-electron chi connectivity index (χ0n) is 16.5. The first-order valence-corrected chi connectivity index (χ1v) is 9.59. The molecule has 5 heteroatoms. The van der Waals surface area contributed by atoms with Gasteiger partial charge in [0.15, 0.2) is 6.29 Å². The fraction of sp³-hybridized carbons (Fsp3) is 0.545. The normalized spacial score (nSPS) is 29.1. The Bertz CT molecular complexity index is 777. The lowest BCUT2D eigenvalue weighted by molar-refractivity contribution is -0.152. The summed E-state index contributed by atoms with van der Waals surface area (Å²) in [7, 11) is 0. The molecule has 0 unspecified atom stereocenters. The molecule has 4 atom stereocenters. The van der Waals surface area contributed by atoms with E-state index in [-0.39, 0.29) is 29.3 Å². The van der Waals surface area contributed by atoms with Crippen LogP contribution in [0.3, 0.4) is 0 Å². The Balaban J connectivity index is 2.08. The summed E-state index contributed by atoms with van der Waals surface area (Å²) in [5, 5.41) is 9.42. The van der Waals surface area contributed by atoms with E-state index in [0.717, 1.165) is 25.7 Å². The number of benzene rings is 1. The number of rotatable bonds is 5. The van der Waals surface area contributed by atoms with E-state index in [4.69, 9.17) is 9.47 Å². The van der Waals surface area contributed by atoms with Gasteiger partial charge in [0.1, 0.15) is 11.4 Å². The van der Waals surface area contributed by atoms with Crippen LogP contribution in [-0.2, 0) is 4.74 Å². The van der Waals surface area contributed by atoms with Gasteiger partial charge in [0, 0.05) is 11.5 Å². The van der Waals surface area contributed by atoms with Gasteiger partial charge in [-0.1, -0.05) is 11.6 Å². The van der Waals surface area contributed by atoms with Crippen molar-refractivity contribution in [2.75, 3.05) is 0 Å². The first-order valence-electron chi connectivity index (χ1n) is 9.59. The summed E-state index contributed by atoms with van der Waals surface area (Å²) in [4.78, 5) is 23.2. The van der Waals surface area contributed by atoms with Crippen molar-refractivity contribution >= 4 is 12.3 Å². The number of carbonyl (C=O) groups is 2. The molecule has 2 heterocycles. The summed E-state index contributed by atoms with van der Waals surface area (Å²) in [6.07, 6.45) is 6.29. The smallest absolute Gasteiger partial charge is 0.335 e. The van der Waals surface area contributed by atoms with Crippen molar-refractivity contribution in [1.82, 2.24) is 0 Å². The predicted octanol–water partition coefficient (Wildman–Crippen LogP) is 4.95. The predicted molar refractivity (Wildman–Crippen MR) is 102 cm³/mol. The third-order valence-corrected chi connectivity index (χ3v) is 5.77. The van der Waals surface area contributed by atoms with Crippen molar-refractivity contribution in [2.45, 2.75) is 71.2 Å². The number of aromatic carboxylic acids is 1. The highest BCUT2D eigenvalue weighted by Gasteiger charge is 2.49. The molecule has 2 aliphatic heterocycles. The van der Waals surface area contributed by atoms with Gasteiger partial charge in [0.25, 0.3) is 0 Å². The van der Waals surface area contributed by atoms with Gasteiger partial charge in [-0.25, -0.2) is 4.79 Å². The number of hydrogen-bond acceptors (Lipinski definition) is 4. The molecular weight excluding hydrogens is 344 g/mol. The maximum atomic E-state index is 11.7. The minimum absolute atomic E-state index is 0.0902. The summed E-state index contributed by atoms with van der Waals surface area (Å²) in [6.45, 7) is 8.27. The van der Waals surface area contributed by atoms with Crippen molar-refractivity contribution < 1.29 is 24.2 Å². The summed E-state index contributed by atoms with van der Waals surface area (Å²) in [6, 6.07) is 2.99. The van der Waals surface area contributed by atoms with Gasteiger partial charge < -0.3 is 14.6 Å². The van der Waals surface area contributed by atoms with Crippen LogP contribution in [0.4, 0.5) is 0 Å². The molecule has 27 heavy (non-hydrogen) atoms. The summed E-state index contributed by atoms with van der Waals surface area (Å²) in [5.74, 6) is -0.460. The zero-order chi connectivity index (χ0) is 19.8. The first kappa shape index (κ1) is 19.6. The Kier molecular flexibility index (Phi) is 5.43. The lowest BCUT2D eigenvalue weighted by Crippen LogP contribution is -2.50. The van der Waals surface area contributed by atoms with E-state index in [1.165, 1.54) is 11.6 Å². The molecule has 0 aromatic heterocycles. The van der Waals surface area contributed by atoms with Crippen LogP contribution in [0.15, 0.2) is 23.8 Å². The second-order valence-corrected chi connectivity index (χ2v) is 8.19. The average molecular weight is 372 g/mol. The maximum absolute atomic E-state index is 11.7. The van der Waals surface area contributed by atoms with Gasteiger partial charge in [-0.15, -0.1) is 0 Å². The van der Waals surface area contributed by atoms with Crippen molar-refractivity contribution in [3.8, 4) is 5.75 Å². The molecule has 0 saturated carbocycles. The molecule has 1 aromatic rings. The molecule has 0 spiro atoms. The fourth-order valence-electron chi connectivity index (χ4n) is 4.30. The van der Waals surface area contributed by atoms with Crippen LogP contribution in [0.25, 0.3) is 0 Å². The first-order chi connectivity index (χ1) is 12.7. The van der Waals surface area contributed by atoms with Crippen molar-refractivity contribution in [2.24, 2.45) is 5.92 Å². The number of aldehydes is 1. The van der Waals surface area contributed by atoms with E-state index in [1.54, 1.807) is 6.07 Å². The molecule has 1 fully saturated rings. The molecule has 5 nitrogen and oxygen atoms in total. The quantitative estimate of drug-likeness (QED) is 0.585. The number of carboxylic acids is 1. The third kappa shape index (κ3) is 3.79. The number of allylic oxidation sites excluding steroid dienone is 2. The van der Waals surface area contributed by atoms with Crippen molar-refractivity contribution in [1.29, 1.82) is 0 Å². The topological polar surface area (TPSA) is 72.8 Å². The monoisotopic (exact) mass is 372 g/mol. The van der Waals surface area contributed by atoms with Crippen LogP contribution in [0, 0.1) is 5.92 Å². The molecule has 146 valence electrons. The SMILES string of the molecule is CC(C)=CCC[C@]1(C)Oc2c(C=O)cc(C(=O)O)cc2[C@@H]2O[C@H](C)CC[C@H]21. The van der Waals surface area contributed by atoms with Crippen LogP contribution in [0.5, 0.6) is 5.75 Å². The zero-order valence-corrected chi connectivity index (χ0v) is 16.5. The average Bonchev–Trinajstić information content (AvgIpc) is 2.60. The van der Waals surface area contributed by atoms with Crippen molar-refractivity contribution in [3.05, 3.63) is 40.5 Å². The lowest BCUT2D eigenvalue weighted by Gasteiger charge is -2.50. The molecule has 1 N–H and O–H groups in total. The maximum Gasteiger partial charge on any atom is 0.335 e. The molecule has 2 aliphatic rings. The van der Waals surface area contributed by atoms with Crippen LogP contribution < -0.4 is 4.74 Å². The van der Waals surface area contributed by atoms with Gasteiger partial charge in [-0.3, -0.25) is 4.79 Å². The van der Waals surface area contributed by atoms with Gasteiger partial charge in [0.2, 0.25) is 0 Å². The minimum atomic E-state index is -1.06. The Morgan fingerprint density at radius 3 is 2.70 bits per heavy atom. The minimum Gasteiger partial charge on any atom is -0.486 e. The number of hydrogen-bond donors (Lipinski definition) is 1. The molecule has 1 aromatic carbocycles. The van der Waals surface area contributed by atoms with Crippen LogP contribution in [0.1, 0.15) is 85.8 Å². The number of carbonyl (C=O) groups excluding carboxylic acids is 1. The molecule has 0 bridgehead atoms. The standard InChI is InChI=1S/C22H28O5/c1-13(2)6-5-9-22(4)18-8-7-14(3)26-20(18)17-11-15(21(24)25)10-16(12-23)19(17)27-22/h6,10-12,14,18,20H,5,7-9H2,1-4H3,(H,24,25)/t14-,18-,20+,22+/m1/s1. The number of fused-ring (bicyclic) bond motifs is 3. The third-order valence-electron chi connectivity index (χ3n) is 5.77. The second-order valence-electron chi connectivity index (χ2n) is 8.19. The Labute approximate surface area is 160 Å². The lowest BCUT2D eigenvalue weighted by atomic mass is 9.72. The fourth-order valence-corrected chi connectivity index (χ4v) is 4.30. The summed E-state index contributed by atoms with van der Waals surface area (Å²) >= 11 is 0. The molecule has 0 amide bonds. The highest BCUT2D eigenvalue weighted by molar-refractivity contribution is 5.92. The van der Waals surface area contributed by atoms with Gasteiger partial charge in [-0.2, -0.15) is 0 Å². The largest absolute Gasteiger partial charge is 0.486 e.